The number of carbonyl (C=O) groups excluding carboxylic acids is 1. The van der Waals surface area contributed by atoms with Crippen molar-refractivity contribution in [2.75, 3.05) is 19.8 Å². The molecule has 1 aliphatic rings. The summed E-state index contributed by atoms with van der Waals surface area (Å²) in [4.78, 5) is 26.3. The summed E-state index contributed by atoms with van der Waals surface area (Å²) in [6.45, 7) is 0.445. The summed E-state index contributed by atoms with van der Waals surface area (Å²) in [7, 11) is 0. The number of ether oxygens (including phenoxy) is 2. The standard InChI is InChI=1S/C24H21F4N3O5/c25-16-2-1-3-17(10-16)31-23(34)19(22(33)29-21(12-32)15-8-9-35-13-15)11-20(30-31)14-4-6-18(7-5-14)36-24(26,27)28/h1-7,10-11,15,21,32H,8-9,12-13H2,(H,29,33)/t15-,21+/m0/s1. The number of rotatable bonds is 7. The molecule has 1 fully saturated rings. The molecule has 0 saturated carbocycles. The first-order valence-corrected chi connectivity index (χ1v) is 10.9. The first-order chi connectivity index (χ1) is 17.1. The van der Waals surface area contributed by atoms with Gasteiger partial charge in [-0.25, -0.2) is 4.39 Å². The smallest absolute Gasteiger partial charge is 0.406 e. The van der Waals surface area contributed by atoms with Crippen molar-refractivity contribution in [3.63, 3.8) is 0 Å². The first-order valence-electron chi connectivity index (χ1n) is 10.9. The lowest BCUT2D eigenvalue weighted by Crippen LogP contribution is -2.45. The molecule has 1 aromatic heterocycles. The van der Waals surface area contributed by atoms with Crippen molar-refractivity contribution in [3.05, 3.63) is 76.3 Å². The minimum absolute atomic E-state index is 0.0378. The van der Waals surface area contributed by atoms with Crippen LogP contribution >= 0.6 is 0 Å². The lowest BCUT2D eigenvalue weighted by Gasteiger charge is -2.21. The van der Waals surface area contributed by atoms with E-state index in [2.05, 4.69) is 15.2 Å². The van der Waals surface area contributed by atoms with Crippen molar-refractivity contribution in [1.82, 2.24) is 15.1 Å². The van der Waals surface area contributed by atoms with Crippen LogP contribution in [0.2, 0.25) is 0 Å². The lowest BCUT2D eigenvalue weighted by molar-refractivity contribution is -0.274. The summed E-state index contributed by atoms with van der Waals surface area (Å²) in [6.07, 6.45) is -4.25. The third-order valence-corrected chi connectivity index (χ3v) is 5.64. The Morgan fingerprint density at radius 2 is 1.97 bits per heavy atom. The Kier molecular flexibility index (Phi) is 7.36. The van der Waals surface area contributed by atoms with Gasteiger partial charge in [-0.15, -0.1) is 13.2 Å². The third-order valence-electron chi connectivity index (χ3n) is 5.64. The minimum atomic E-state index is -4.87. The molecular weight excluding hydrogens is 486 g/mol. The second-order valence-electron chi connectivity index (χ2n) is 8.10. The van der Waals surface area contributed by atoms with Gasteiger partial charge in [-0.2, -0.15) is 9.78 Å². The Morgan fingerprint density at radius 1 is 1.22 bits per heavy atom. The fourth-order valence-corrected chi connectivity index (χ4v) is 3.84. The number of aromatic nitrogens is 2. The summed E-state index contributed by atoms with van der Waals surface area (Å²) in [5, 5.41) is 16.6. The Bertz CT molecular complexity index is 1290. The molecule has 0 radical (unpaired) electrons. The van der Waals surface area contributed by atoms with E-state index in [1.807, 2.05) is 0 Å². The van der Waals surface area contributed by atoms with Gasteiger partial charge >= 0.3 is 6.36 Å². The molecule has 1 saturated heterocycles. The van der Waals surface area contributed by atoms with E-state index in [1.165, 1.54) is 36.4 Å². The third kappa shape index (κ3) is 5.89. The van der Waals surface area contributed by atoms with Crippen LogP contribution in [-0.2, 0) is 4.74 Å². The van der Waals surface area contributed by atoms with Gasteiger partial charge in [-0.05, 0) is 55.0 Å². The van der Waals surface area contributed by atoms with Crippen molar-refractivity contribution in [2.45, 2.75) is 18.8 Å². The summed E-state index contributed by atoms with van der Waals surface area (Å²) >= 11 is 0. The average Bonchev–Trinajstić information content (AvgIpc) is 3.37. The zero-order chi connectivity index (χ0) is 25.9. The number of aliphatic hydroxyl groups is 1. The molecule has 4 rings (SSSR count). The average molecular weight is 507 g/mol. The second-order valence-corrected chi connectivity index (χ2v) is 8.10. The zero-order valence-electron chi connectivity index (χ0n) is 18.7. The van der Waals surface area contributed by atoms with Crippen LogP contribution < -0.4 is 15.6 Å². The molecule has 2 N–H and O–H groups in total. The van der Waals surface area contributed by atoms with E-state index < -0.39 is 35.4 Å². The molecule has 0 aliphatic carbocycles. The molecule has 1 aliphatic heterocycles. The summed E-state index contributed by atoms with van der Waals surface area (Å²) < 4.78 is 61.4. The number of nitrogens with zero attached hydrogens (tertiary/aromatic N) is 2. The van der Waals surface area contributed by atoms with Gasteiger partial charge in [0.05, 0.1) is 30.6 Å². The molecule has 0 spiro atoms. The van der Waals surface area contributed by atoms with Gasteiger partial charge in [-0.1, -0.05) is 6.07 Å². The lowest BCUT2D eigenvalue weighted by atomic mass is 9.99. The fraction of sp³-hybridized carbons (Fsp3) is 0.292. The molecular formula is C24H21F4N3O5. The SMILES string of the molecule is O=C(N[C@H](CO)[C@H]1CCOC1)c1cc(-c2ccc(OC(F)(F)F)cc2)nn(-c2cccc(F)c2)c1=O. The Hall–Kier alpha value is -3.77. The van der Waals surface area contributed by atoms with Gasteiger partial charge < -0.3 is 19.9 Å². The van der Waals surface area contributed by atoms with E-state index in [1.54, 1.807) is 0 Å². The number of benzene rings is 2. The summed E-state index contributed by atoms with van der Waals surface area (Å²) in [5.74, 6) is -2.05. The van der Waals surface area contributed by atoms with E-state index in [9.17, 15) is 32.3 Å². The van der Waals surface area contributed by atoms with E-state index in [4.69, 9.17) is 4.74 Å². The van der Waals surface area contributed by atoms with Gasteiger partial charge in [0.1, 0.15) is 17.1 Å². The van der Waals surface area contributed by atoms with Crippen LogP contribution in [0.25, 0.3) is 16.9 Å². The monoisotopic (exact) mass is 507 g/mol. The van der Waals surface area contributed by atoms with Crippen LogP contribution in [0.4, 0.5) is 17.6 Å². The Labute approximate surface area is 202 Å². The van der Waals surface area contributed by atoms with Crippen molar-refractivity contribution in [1.29, 1.82) is 0 Å². The molecule has 0 bridgehead atoms. The molecule has 1 amide bonds. The number of alkyl halides is 3. The maximum atomic E-state index is 13.9. The molecule has 3 aromatic rings. The number of aliphatic hydroxyl groups excluding tert-OH is 1. The predicted molar refractivity (Wildman–Crippen MR) is 119 cm³/mol. The van der Waals surface area contributed by atoms with Crippen LogP contribution in [0.15, 0.2) is 59.4 Å². The van der Waals surface area contributed by atoms with Gasteiger partial charge in [0.25, 0.3) is 11.5 Å². The first kappa shape index (κ1) is 25.3. The highest BCUT2D eigenvalue weighted by molar-refractivity contribution is 5.95. The van der Waals surface area contributed by atoms with Crippen LogP contribution in [-0.4, -0.2) is 53.0 Å². The predicted octanol–water partition coefficient (Wildman–Crippen LogP) is 3.06. The highest BCUT2D eigenvalue weighted by atomic mass is 19.4. The van der Waals surface area contributed by atoms with Gasteiger partial charge in [0, 0.05) is 18.1 Å². The number of hydrogen-bond donors (Lipinski definition) is 2. The Morgan fingerprint density at radius 3 is 2.58 bits per heavy atom. The quantitative estimate of drug-likeness (QED) is 0.477. The van der Waals surface area contributed by atoms with Crippen LogP contribution in [0.5, 0.6) is 5.75 Å². The zero-order valence-corrected chi connectivity index (χ0v) is 18.7. The summed E-state index contributed by atoms with van der Waals surface area (Å²) in [5.41, 5.74) is -0.828. The van der Waals surface area contributed by atoms with Crippen molar-refractivity contribution >= 4 is 5.91 Å². The van der Waals surface area contributed by atoms with E-state index in [0.29, 0.717) is 19.6 Å². The molecule has 0 unspecified atom stereocenters. The molecule has 2 aromatic carbocycles. The second kappa shape index (κ2) is 10.5. The van der Waals surface area contributed by atoms with Crippen LogP contribution in [0.1, 0.15) is 16.8 Å². The van der Waals surface area contributed by atoms with Gasteiger partial charge in [0.15, 0.2) is 0 Å². The van der Waals surface area contributed by atoms with Gasteiger partial charge in [0.2, 0.25) is 0 Å². The minimum Gasteiger partial charge on any atom is -0.406 e. The molecule has 190 valence electrons. The molecule has 2 heterocycles. The molecule has 8 nitrogen and oxygen atoms in total. The number of hydrogen-bond acceptors (Lipinski definition) is 6. The number of amides is 1. The highest BCUT2D eigenvalue weighted by Gasteiger charge is 2.31. The van der Waals surface area contributed by atoms with E-state index in [0.717, 1.165) is 22.9 Å². The van der Waals surface area contributed by atoms with Gasteiger partial charge in [-0.3, -0.25) is 9.59 Å². The van der Waals surface area contributed by atoms with E-state index >= 15 is 0 Å². The normalized spacial score (nSPS) is 16.5. The van der Waals surface area contributed by atoms with Crippen LogP contribution in [0.3, 0.4) is 0 Å². The number of halogens is 4. The molecule has 36 heavy (non-hydrogen) atoms. The van der Waals surface area contributed by atoms with Crippen molar-refractivity contribution in [3.8, 4) is 22.7 Å². The Balaban J connectivity index is 1.75. The maximum absolute atomic E-state index is 13.9. The molecule has 12 heteroatoms. The maximum Gasteiger partial charge on any atom is 0.573 e. The fourth-order valence-electron chi connectivity index (χ4n) is 3.84. The van der Waals surface area contributed by atoms with Crippen molar-refractivity contribution in [2.24, 2.45) is 5.92 Å². The largest absolute Gasteiger partial charge is 0.573 e. The topological polar surface area (TPSA) is 103 Å². The van der Waals surface area contributed by atoms with E-state index in [-0.39, 0.29) is 35.0 Å². The number of carbonyl (C=O) groups is 1. The highest BCUT2D eigenvalue weighted by Crippen LogP contribution is 2.26. The summed E-state index contributed by atoms with van der Waals surface area (Å²) in [6, 6.07) is 10.2. The number of nitrogens with one attached hydrogen (secondary N) is 1. The molecule has 2 atom stereocenters. The van der Waals surface area contributed by atoms with Crippen LogP contribution in [0, 0.1) is 11.7 Å². The van der Waals surface area contributed by atoms with Crippen molar-refractivity contribution < 1.29 is 36.9 Å².